The van der Waals surface area contributed by atoms with Gasteiger partial charge < -0.3 is 10.4 Å². The van der Waals surface area contributed by atoms with Gasteiger partial charge in [0.1, 0.15) is 12.1 Å². The fourth-order valence-corrected chi connectivity index (χ4v) is 2.28. The van der Waals surface area contributed by atoms with E-state index in [0.717, 1.165) is 29.6 Å². The van der Waals surface area contributed by atoms with Gasteiger partial charge in [-0.3, -0.25) is 4.79 Å². The molecule has 5 heteroatoms. The second-order valence-electron chi connectivity index (χ2n) is 5.45. The lowest BCUT2D eigenvalue weighted by molar-refractivity contribution is -0.141. The molecule has 1 aromatic carbocycles. The van der Waals surface area contributed by atoms with Crippen LogP contribution in [0.25, 0.3) is 10.9 Å². The summed E-state index contributed by atoms with van der Waals surface area (Å²) in [7, 11) is 0. The Kier molecular flexibility index (Phi) is 5.09. The van der Waals surface area contributed by atoms with Crippen molar-refractivity contribution in [3.8, 4) is 0 Å². The highest BCUT2D eigenvalue weighted by molar-refractivity contribution is 5.88. The van der Waals surface area contributed by atoms with Crippen LogP contribution in [0.4, 0.5) is 5.82 Å². The van der Waals surface area contributed by atoms with Gasteiger partial charge in [-0.15, -0.1) is 0 Å². The van der Waals surface area contributed by atoms with Crippen LogP contribution in [-0.4, -0.2) is 27.1 Å². The van der Waals surface area contributed by atoms with Crippen molar-refractivity contribution in [3.63, 3.8) is 0 Å². The lowest BCUT2D eigenvalue weighted by Gasteiger charge is -2.16. The van der Waals surface area contributed by atoms with Crippen molar-refractivity contribution < 1.29 is 9.90 Å². The van der Waals surface area contributed by atoms with Gasteiger partial charge in [0.05, 0.1) is 11.4 Å². The molecule has 2 N–H and O–H groups in total. The fraction of sp³-hybridized carbons (Fsp3) is 0.438. The number of fused-ring (bicyclic) bond motifs is 1. The van der Waals surface area contributed by atoms with E-state index in [2.05, 4.69) is 22.2 Å². The van der Waals surface area contributed by atoms with Crippen LogP contribution in [0, 0.1) is 5.92 Å². The maximum atomic E-state index is 10.8. The topological polar surface area (TPSA) is 75.1 Å². The fourth-order valence-electron chi connectivity index (χ4n) is 2.28. The predicted octanol–water partition coefficient (Wildman–Crippen LogP) is 3.32. The Labute approximate surface area is 124 Å². The second kappa shape index (κ2) is 7.02. The molecule has 0 amide bonds. The first-order valence-corrected chi connectivity index (χ1v) is 7.27. The number of aromatic nitrogens is 2. The summed E-state index contributed by atoms with van der Waals surface area (Å²) in [4.78, 5) is 19.3. The number of aliphatic carboxylic acids is 1. The molecule has 1 heterocycles. The van der Waals surface area contributed by atoms with E-state index in [1.54, 1.807) is 13.3 Å². The molecule has 2 unspecified atom stereocenters. The van der Waals surface area contributed by atoms with Crippen molar-refractivity contribution in [2.24, 2.45) is 5.92 Å². The highest BCUT2D eigenvalue weighted by Gasteiger charge is 2.12. The van der Waals surface area contributed by atoms with Crippen LogP contribution in [0.1, 0.15) is 33.1 Å². The van der Waals surface area contributed by atoms with Gasteiger partial charge >= 0.3 is 5.97 Å². The van der Waals surface area contributed by atoms with E-state index < -0.39 is 5.97 Å². The standard InChI is InChI=1S/C16H21N3O2/c1-11(16(20)21)6-5-7-12(2)19-15-13-8-3-4-9-14(13)17-10-18-15/h3-4,8-12H,5-7H2,1-2H3,(H,20,21)(H,17,18,19). The van der Waals surface area contributed by atoms with Crippen LogP contribution >= 0.6 is 0 Å². The average Bonchev–Trinajstić information content (AvgIpc) is 2.47. The van der Waals surface area contributed by atoms with Crippen LogP contribution in [0.3, 0.4) is 0 Å². The first-order valence-electron chi connectivity index (χ1n) is 7.27. The molecular weight excluding hydrogens is 266 g/mol. The van der Waals surface area contributed by atoms with Gasteiger partial charge in [-0.25, -0.2) is 9.97 Å². The number of nitrogens with zero attached hydrogens (tertiary/aromatic N) is 2. The first-order chi connectivity index (χ1) is 10.1. The van der Waals surface area contributed by atoms with E-state index in [1.165, 1.54) is 0 Å². The monoisotopic (exact) mass is 287 g/mol. The molecule has 0 spiro atoms. The van der Waals surface area contributed by atoms with E-state index >= 15 is 0 Å². The number of carbonyl (C=O) groups is 1. The summed E-state index contributed by atoms with van der Waals surface area (Å²) in [6.45, 7) is 3.83. The molecule has 112 valence electrons. The Bertz CT molecular complexity index is 610. The summed E-state index contributed by atoms with van der Waals surface area (Å²) in [5.74, 6) is -0.172. The molecular formula is C16H21N3O2. The van der Waals surface area contributed by atoms with Crippen molar-refractivity contribution >= 4 is 22.7 Å². The van der Waals surface area contributed by atoms with E-state index in [1.807, 2.05) is 24.3 Å². The maximum Gasteiger partial charge on any atom is 0.306 e. The molecule has 1 aromatic heterocycles. The molecule has 0 radical (unpaired) electrons. The van der Waals surface area contributed by atoms with E-state index in [4.69, 9.17) is 5.11 Å². The molecule has 0 fully saturated rings. The largest absolute Gasteiger partial charge is 0.481 e. The zero-order valence-corrected chi connectivity index (χ0v) is 12.4. The highest BCUT2D eigenvalue weighted by Crippen LogP contribution is 2.20. The molecule has 0 saturated heterocycles. The summed E-state index contributed by atoms with van der Waals surface area (Å²) < 4.78 is 0. The summed E-state index contributed by atoms with van der Waals surface area (Å²) >= 11 is 0. The Balaban J connectivity index is 1.92. The van der Waals surface area contributed by atoms with Crippen molar-refractivity contribution in [1.29, 1.82) is 0 Å². The zero-order valence-electron chi connectivity index (χ0n) is 12.4. The Morgan fingerprint density at radius 1 is 1.24 bits per heavy atom. The van der Waals surface area contributed by atoms with E-state index in [-0.39, 0.29) is 12.0 Å². The lowest BCUT2D eigenvalue weighted by atomic mass is 10.0. The minimum absolute atomic E-state index is 0.240. The minimum Gasteiger partial charge on any atom is -0.481 e. The summed E-state index contributed by atoms with van der Waals surface area (Å²) in [6, 6.07) is 8.12. The van der Waals surface area contributed by atoms with Gasteiger partial charge in [-0.05, 0) is 31.9 Å². The van der Waals surface area contributed by atoms with Crippen LogP contribution in [0.5, 0.6) is 0 Å². The van der Waals surface area contributed by atoms with E-state index in [0.29, 0.717) is 6.42 Å². The molecule has 0 saturated carbocycles. The van der Waals surface area contributed by atoms with Gasteiger partial charge in [-0.1, -0.05) is 25.5 Å². The molecule has 0 aliphatic rings. The number of benzene rings is 1. The predicted molar refractivity (Wildman–Crippen MR) is 83.3 cm³/mol. The summed E-state index contributed by atoms with van der Waals surface area (Å²) in [6.07, 6.45) is 4.05. The molecule has 21 heavy (non-hydrogen) atoms. The van der Waals surface area contributed by atoms with Crippen LogP contribution in [0.15, 0.2) is 30.6 Å². The number of hydrogen-bond donors (Lipinski definition) is 2. The number of carboxylic acid groups (broad SMARTS) is 1. The molecule has 0 bridgehead atoms. The normalized spacial score (nSPS) is 13.8. The second-order valence-corrected chi connectivity index (χ2v) is 5.45. The van der Waals surface area contributed by atoms with Gasteiger partial charge in [0.2, 0.25) is 0 Å². The van der Waals surface area contributed by atoms with Crippen LogP contribution in [-0.2, 0) is 4.79 Å². The molecule has 2 atom stereocenters. The number of carboxylic acids is 1. The van der Waals surface area contributed by atoms with Gasteiger partial charge in [0.25, 0.3) is 0 Å². The Morgan fingerprint density at radius 3 is 2.76 bits per heavy atom. The molecule has 2 rings (SSSR count). The lowest BCUT2D eigenvalue weighted by Crippen LogP contribution is -2.17. The molecule has 2 aromatic rings. The molecule has 5 nitrogen and oxygen atoms in total. The van der Waals surface area contributed by atoms with Gasteiger partial charge in [-0.2, -0.15) is 0 Å². The third-order valence-electron chi connectivity index (χ3n) is 3.62. The van der Waals surface area contributed by atoms with Gasteiger partial charge in [0.15, 0.2) is 0 Å². The number of para-hydroxylation sites is 1. The first kappa shape index (κ1) is 15.2. The maximum absolute atomic E-state index is 10.8. The number of anilines is 1. The summed E-state index contributed by atoms with van der Waals surface area (Å²) in [5.41, 5.74) is 0.918. The quantitative estimate of drug-likeness (QED) is 0.817. The average molecular weight is 287 g/mol. The minimum atomic E-state index is -0.725. The van der Waals surface area contributed by atoms with Crippen molar-refractivity contribution in [1.82, 2.24) is 9.97 Å². The number of rotatable bonds is 7. The van der Waals surface area contributed by atoms with E-state index in [9.17, 15) is 4.79 Å². The number of nitrogens with one attached hydrogen (secondary N) is 1. The molecule has 0 aliphatic heterocycles. The Hall–Kier alpha value is -2.17. The zero-order chi connectivity index (χ0) is 15.2. The summed E-state index contributed by atoms with van der Waals surface area (Å²) in [5, 5.41) is 13.3. The van der Waals surface area contributed by atoms with Crippen LogP contribution in [0.2, 0.25) is 0 Å². The van der Waals surface area contributed by atoms with Crippen molar-refractivity contribution in [3.05, 3.63) is 30.6 Å². The van der Waals surface area contributed by atoms with Crippen molar-refractivity contribution in [2.45, 2.75) is 39.2 Å². The highest BCUT2D eigenvalue weighted by atomic mass is 16.4. The smallest absolute Gasteiger partial charge is 0.306 e. The van der Waals surface area contributed by atoms with Crippen LogP contribution < -0.4 is 5.32 Å². The Morgan fingerprint density at radius 2 is 2.00 bits per heavy atom. The third kappa shape index (κ3) is 4.15. The SMILES string of the molecule is CC(CCCC(C)C(=O)O)Nc1ncnc2ccccc12. The van der Waals surface area contributed by atoms with Crippen molar-refractivity contribution in [2.75, 3.05) is 5.32 Å². The third-order valence-corrected chi connectivity index (χ3v) is 3.62. The molecule has 0 aliphatic carbocycles. The number of hydrogen-bond acceptors (Lipinski definition) is 4. The van der Waals surface area contributed by atoms with Gasteiger partial charge in [0, 0.05) is 11.4 Å².